The van der Waals surface area contributed by atoms with Crippen LogP contribution in [0.25, 0.3) is 10.4 Å². The molecule has 0 spiro atoms. The fourth-order valence-corrected chi connectivity index (χ4v) is 1.62. The molecule has 0 aliphatic heterocycles. The Hall–Kier alpha value is -1.21. The van der Waals surface area contributed by atoms with Crippen molar-refractivity contribution in [2.75, 3.05) is 6.54 Å². The van der Waals surface area contributed by atoms with E-state index in [2.05, 4.69) is 31.1 Å². The highest BCUT2D eigenvalue weighted by Crippen LogP contribution is 2.35. The largest absolute Gasteiger partial charge is 0.436 e. The van der Waals surface area contributed by atoms with E-state index in [0.29, 0.717) is 5.69 Å². The van der Waals surface area contributed by atoms with Gasteiger partial charge in [0.05, 0.1) is 10.2 Å². The van der Waals surface area contributed by atoms with Crippen molar-refractivity contribution in [3.8, 4) is 0 Å². The number of hydrogen-bond acceptors (Lipinski definition) is 2. The highest BCUT2D eigenvalue weighted by molar-refractivity contribution is 9.10. The topological polar surface area (TPSA) is 66.6 Å². The Morgan fingerprint density at radius 3 is 2.62 bits per heavy atom. The summed E-state index contributed by atoms with van der Waals surface area (Å²) >= 11 is 2.84. The first kappa shape index (κ1) is 12.9. The monoisotopic (exact) mass is 297 g/mol. The van der Waals surface area contributed by atoms with Crippen molar-refractivity contribution in [3.63, 3.8) is 0 Å². The molecule has 0 amide bonds. The minimum atomic E-state index is -4.49. The summed E-state index contributed by atoms with van der Waals surface area (Å²) in [6.07, 6.45) is -4.49. The summed E-state index contributed by atoms with van der Waals surface area (Å²) in [5.74, 6) is 0. The standard InChI is InChI=1S/C7H7BrF3N5/c1-4-5(8)6(7(9,10)11)14-16(4)3-2-13-15-12/h2-3H2,1H3. The van der Waals surface area contributed by atoms with Crippen molar-refractivity contribution in [1.29, 1.82) is 0 Å². The third kappa shape index (κ3) is 2.67. The second kappa shape index (κ2) is 4.75. The maximum atomic E-state index is 12.4. The Morgan fingerprint density at radius 1 is 1.56 bits per heavy atom. The number of hydrogen-bond donors (Lipinski definition) is 0. The fraction of sp³-hybridized carbons (Fsp3) is 0.571. The van der Waals surface area contributed by atoms with Gasteiger partial charge in [-0.15, -0.1) is 0 Å². The van der Waals surface area contributed by atoms with Crippen LogP contribution in [-0.4, -0.2) is 16.3 Å². The molecule has 0 aliphatic rings. The average Bonchev–Trinajstić information content (AvgIpc) is 2.45. The summed E-state index contributed by atoms with van der Waals surface area (Å²) in [6, 6.07) is 0. The van der Waals surface area contributed by atoms with Gasteiger partial charge in [0.25, 0.3) is 0 Å². The van der Waals surface area contributed by atoms with E-state index in [0.717, 1.165) is 4.68 Å². The SMILES string of the molecule is Cc1c(Br)c(C(F)(F)F)nn1CCN=[N+]=[N-]. The number of aromatic nitrogens is 2. The van der Waals surface area contributed by atoms with E-state index in [1.54, 1.807) is 0 Å². The lowest BCUT2D eigenvalue weighted by atomic mass is 10.3. The van der Waals surface area contributed by atoms with Crippen LogP contribution in [0.15, 0.2) is 9.59 Å². The van der Waals surface area contributed by atoms with E-state index in [9.17, 15) is 13.2 Å². The molecule has 0 saturated heterocycles. The van der Waals surface area contributed by atoms with Crippen LogP contribution in [-0.2, 0) is 12.7 Å². The van der Waals surface area contributed by atoms with Crippen LogP contribution in [0, 0.1) is 6.92 Å². The smallest absolute Gasteiger partial charge is 0.268 e. The number of halogens is 4. The summed E-state index contributed by atoms with van der Waals surface area (Å²) in [4.78, 5) is 2.51. The van der Waals surface area contributed by atoms with E-state index >= 15 is 0 Å². The Balaban J connectivity index is 3.00. The molecule has 0 saturated carbocycles. The molecule has 1 aromatic rings. The van der Waals surface area contributed by atoms with E-state index in [1.807, 2.05) is 0 Å². The van der Waals surface area contributed by atoms with Gasteiger partial charge in [-0.25, -0.2) is 0 Å². The van der Waals surface area contributed by atoms with E-state index < -0.39 is 11.9 Å². The van der Waals surface area contributed by atoms with Gasteiger partial charge >= 0.3 is 6.18 Å². The second-order valence-corrected chi connectivity index (χ2v) is 3.72. The van der Waals surface area contributed by atoms with Crippen molar-refractivity contribution in [2.45, 2.75) is 19.6 Å². The Morgan fingerprint density at radius 2 is 2.19 bits per heavy atom. The summed E-state index contributed by atoms with van der Waals surface area (Å²) in [7, 11) is 0. The van der Waals surface area contributed by atoms with Crippen LogP contribution >= 0.6 is 15.9 Å². The number of alkyl halides is 3. The third-order valence-electron chi connectivity index (χ3n) is 1.88. The molecule has 0 radical (unpaired) electrons. The molecule has 0 bridgehead atoms. The van der Waals surface area contributed by atoms with E-state index in [-0.39, 0.29) is 17.6 Å². The minimum absolute atomic E-state index is 0.0583. The van der Waals surface area contributed by atoms with Crippen LogP contribution < -0.4 is 0 Å². The molecule has 0 atom stereocenters. The Labute approximate surface area is 97.0 Å². The van der Waals surface area contributed by atoms with Gasteiger partial charge in [-0.05, 0) is 28.4 Å². The summed E-state index contributed by atoms with van der Waals surface area (Å²) in [6.45, 7) is 1.68. The first-order chi connectivity index (χ1) is 7.38. The maximum absolute atomic E-state index is 12.4. The zero-order chi connectivity index (χ0) is 12.3. The zero-order valence-electron chi connectivity index (χ0n) is 8.16. The number of nitrogens with zero attached hydrogens (tertiary/aromatic N) is 5. The summed E-state index contributed by atoms with van der Waals surface area (Å²) in [5.41, 5.74) is 7.42. The quantitative estimate of drug-likeness (QED) is 0.479. The van der Waals surface area contributed by atoms with E-state index in [1.165, 1.54) is 6.92 Å². The molecule has 1 rings (SSSR count). The lowest BCUT2D eigenvalue weighted by molar-refractivity contribution is -0.142. The van der Waals surface area contributed by atoms with Gasteiger partial charge in [0.1, 0.15) is 0 Å². The predicted molar refractivity (Wildman–Crippen MR) is 53.7 cm³/mol. The van der Waals surface area contributed by atoms with Crippen molar-refractivity contribution in [2.24, 2.45) is 5.11 Å². The van der Waals surface area contributed by atoms with Gasteiger partial charge in [-0.1, -0.05) is 5.11 Å². The fourth-order valence-electron chi connectivity index (χ4n) is 1.11. The van der Waals surface area contributed by atoms with Gasteiger partial charge < -0.3 is 0 Å². The third-order valence-corrected chi connectivity index (χ3v) is 2.83. The first-order valence-electron chi connectivity index (χ1n) is 4.19. The van der Waals surface area contributed by atoms with Gasteiger partial charge in [0.15, 0.2) is 5.69 Å². The first-order valence-corrected chi connectivity index (χ1v) is 4.98. The van der Waals surface area contributed by atoms with Gasteiger partial charge in [0, 0.05) is 18.0 Å². The molecule has 0 N–H and O–H groups in total. The molecule has 16 heavy (non-hydrogen) atoms. The summed E-state index contributed by atoms with van der Waals surface area (Å²) < 4.78 is 38.4. The van der Waals surface area contributed by atoms with Crippen LogP contribution in [0.1, 0.15) is 11.4 Å². The van der Waals surface area contributed by atoms with Gasteiger partial charge in [-0.2, -0.15) is 18.3 Å². The van der Waals surface area contributed by atoms with Crippen LogP contribution in [0.3, 0.4) is 0 Å². The molecule has 9 heteroatoms. The lowest BCUT2D eigenvalue weighted by Crippen LogP contribution is -2.09. The van der Waals surface area contributed by atoms with Crippen molar-refractivity contribution >= 4 is 15.9 Å². The van der Waals surface area contributed by atoms with Gasteiger partial charge in [-0.3, -0.25) is 4.68 Å². The molecule has 1 heterocycles. The molecular weight excluding hydrogens is 291 g/mol. The molecule has 1 aromatic heterocycles. The highest BCUT2D eigenvalue weighted by Gasteiger charge is 2.37. The molecule has 0 aliphatic carbocycles. The Kier molecular flexibility index (Phi) is 3.82. The van der Waals surface area contributed by atoms with Crippen molar-refractivity contribution in [3.05, 3.63) is 26.3 Å². The minimum Gasteiger partial charge on any atom is -0.268 e. The molecular formula is C7H7BrF3N5. The predicted octanol–water partition coefficient (Wildman–Crippen LogP) is 3.28. The van der Waals surface area contributed by atoms with E-state index in [4.69, 9.17) is 5.53 Å². The van der Waals surface area contributed by atoms with Crippen molar-refractivity contribution in [1.82, 2.24) is 9.78 Å². The molecule has 0 unspecified atom stereocenters. The maximum Gasteiger partial charge on any atom is 0.436 e. The molecule has 0 fully saturated rings. The number of azide groups is 1. The molecule has 0 aromatic carbocycles. The lowest BCUT2D eigenvalue weighted by Gasteiger charge is -2.01. The Bertz CT molecular complexity index is 432. The molecule has 88 valence electrons. The zero-order valence-corrected chi connectivity index (χ0v) is 9.75. The number of rotatable bonds is 3. The average molecular weight is 298 g/mol. The highest BCUT2D eigenvalue weighted by atomic mass is 79.9. The normalized spacial score (nSPS) is 11.3. The van der Waals surface area contributed by atoms with Crippen LogP contribution in [0.2, 0.25) is 0 Å². The molecule has 5 nitrogen and oxygen atoms in total. The van der Waals surface area contributed by atoms with Crippen LogP contribution in [0.5, 0.6) is 0 Å². The summed E-state index contributed by atoms with van der Waals surface area (Å²) in [5, 5.41) is 6.65. The van der Waals surface area contributed by atoms with Crippen molar-refractivity contribution < 1.29 is 13.2 Å². The second-order valence-electron chi connectivity index (χ2n) is 2.92. The van der Waals surface area contributed by atoms with Crippen LogP contribution in [0.4, 0.5) is 13.2 Å². The van der Waals surface area contributed by atoms with Gasteiger partial charge in [0.2, 0.25) is 0 Å².